The second-order valence-corrected chi connectivity index (χ2v) is 6.37. The lowest BCUT2D eigenvalue weighted by Gasteiger charge is -2.34. The third kappa shape index (κ3) is 1.71. The molecule has 4 rings (SSSR count). The van der Waals surface area contributed by atoms with E-state index in [4.69, 9.17) is 0 Å². The molecule has 0 aliphatic heterocycles. The summed E-state index contributed by atoms with van der Waals surface area (Å²) in [4.78, 5) is 0. The maximum Gasteiger partial charge on any atom is 0.0279 e. The molecule has 0 radical (unpaired) electrons. The first-order chi connectivity index (χ1) is 9.34. The van der Waals surface area contributed by atoms with Crippen molar-refractivity contribution in [2.75, 3.05) is 0 Å². The number of hydrogen-bond acceptors (Lipinski definition) is 0. The van der Waals surface area contributed by atoms with E-state index >= 15 is 0 Å². The molecule has 0 nitrogen and oxygen atoms in total. The molecule has 1 aromatic rings. The molecule has 19 heavy (non-hydrogen) atoms. The first-order valence-electron chi connectivity index (χ1n) is 6.58. The van der Waals surface area contributed by atoms with Crippen molar-refractivity contribution in [3.05, 3.63) is 92.7 Å². The molecule has 0 saturated carbocycles. The number of benzene rings is 1. The fourth-order valence-corrected chi connectivity index (χ4v) is 3.82. The van der Waals surface area contributed by atoms with Crippen molar-refractivity contribution in [3.8, 4) is 0 Å². The monoisotopic (exact) mass is 356 g/mol. The van der Waals surface area contributed by atoms with E-state index in [2.05, 4.69) is 89.4 Å². The average Bonchev–Trinajstić information content (AvgIpc) is 2.47. The molecule has 2 unspecified atom stereocenters. The number of halogens is 1. The smallest absolute Gasteiger partial charge is 0.0279 e. The molecule has 0 N–H and O–H groups in total. The normalized spacial score (nSPS) is 26.7. The van der Waals surface area contributed by atoms with Gasteiger partial charge in [-0.25, -0.2) is 0 Å². The summed E-state index contributed by atoms with van der Waals surface area (Å²) in [5.74, 6) is 0.858. The van der Waals surface area contributed by atoms with Crippen LogP contribution < -0.4 is 0 Å². The summed E-state index contributed by atoms with van der Waals surface area (Å²) in [5.41, 5.74) is 5.85. The highest BCUT2D eigenvalue weighted by Crippen LogP contribution is 2.48. The molecule has 0 amide bonds. The van der Waals surface area contributed by atoms with E-state index in [-0.39, 0.29) is 0 Å². The molecule has 1 heteroatoms. The van der Waals surface area contributed by atoms with E-state index in [1.807, 2.05) is 0 Å². The van der Waals surface area contributed by atoms with Gasteiger partial charge in [0.25, 0.3) is 0 Å². The zero-order valence-corrected chi connectivity index (χ0v) is 12.5. The van der Waals surface area contributed by atoms with E-state index < -0.39 is 0 Å². The quantitative estimate of drug-likeness (QED) is 0.562. The Labute approximate surface area is 127 Å². The van der Waals surface area contributed by atoms with Gasteiger partial charge in [-0.05, 0) is 50.9 Å². The van der Waals surface area contributed by atoms with Gasteiger partial charge in [0.15, 0.2) is 0 Å². The van der Waals surface area contributed by atoms with Crippen molar-refractivity contribution in [1.82, 2.24) is 0 Å². The highest BCUT2D eigenvalue weighted by Gasteiger charge is 2.31. The van der Waals surface area contributed by atoms with Crippen LogP contribution in [0.25, 0.3) is 0 Å². The fourth-order valence-electron chi connectivity index (χ4n) is 3.28. The minimum atomic E-state index is 0.428. The Balaban J connectivity index is 2.01. The summed E-state index contributed by atoms with van der Waals surface area (Å²) in [5, 5.41) is 0. The molecule has 3 aliphatic rings. The average molecular weight is 356 g/mol. The summed E-state index contributed by atoms with van der Waals surface area (Å²) in [6, 6.07) is 8.86. The Morgan fingerprint density at radius 1 is 0.789 bits per heavy atom. The molecule has 2 atom stereocenters. The van der Waals surface area contributed by atoms with E-state index in [1.54, 1.807) is 0 Å². The van der Waals surface area contributed by atoms with Crippen molar-refractivity contribution in [1.29, 1.82) is 0 Å². The van der Waals surface area contributed by atoms with Crippen molar-refractivity contribution in [3.63, 3.8) is 0 Å². The van der Waals surface area contributed by atoms with Crippen LogP contribution in [0.3, 0.4) is 0 Å². The lowest BCUT2D eigenvalue weighted by Crippen LogP contribution is -2.18. The van der Waals surface area contributed by atoms with E-state index in [1.165, 1.54) is 25.9 Å². The van der Waals surface area contributed by atoms with Crippen molar-refractivity contribution in [2.45, 2.75) is 11.8 Å². The predicted octanol–water partition coefficient (Wildman–Crippen LogP) is 5.18. The third-order valence-corrected chi connectivity index (χ3v) is 4.77. The van der Waals surface area contributed by atoms with Gasteiger partial charge in [0.1, 0.15) is 0 Å². The molecule has 3 aliphatic carbocycles. The molecule has 0 aromatic heterocycles. The summed E-state index contributed by atoms with van der Waals surface area (Å²) in [6.45, 7) is 0. The van der Waals surface area contributed by atoms with Gasteiger partial charge in [-0.15, -0.1) is 0 Å². The number of hydrogen-bond donors (Lipinski definition) is 0. The van der Waals surface area contributed by atoms with Crippen LogP contribution >= 0.6 is 22.6 Å². The van der Waals surface area contributed by atoms with Gasteiger partial charge in [-0.3, -0.25) is 0 Å². The van der Waals surface area contributed by atoms with Crippen LogP contribution in [0.1, 0.15) is 23.0 Å². The van der Waals surface area contributed by atoms with E-state index in [9.17, 15) is 0 Å². The van der Waals surface area contributed by atoms with Crippen LogP contribution in [-0.4, -0.2) is 0 Å². The topological polar surface area (TPSA) is 0 Å². The Morgan fingerprint density at radius 3 is 2.32 bits per heavy atom. The van der Waals surface area contributed by atoms with Crippen molar-refractivity contribution in [2.24, 2.45) is 0 Å². The maximum absolute atomic E-state index is 2.41. The molecular formula is C18H13I. The van der Waals surface area contributed by atoms with Gasteiger partial charge >= 0.3 is 0 Å². The first-order valence-corrected chi connectivity index (χ1v) is 7.65. The Kier molecular flexibility index (Phi) is 2.62. The van der Waals surface area contributed by atoms with E-state index in [0.29, 0.717) is 11.8 Å². The van der Waals surface area contributed by atoms with Crippen LogP contribution in [0.5, 0.6) is 0 Å². The van der Waals surface area contributed by atoms with Crippen molar-refractivity contribution < 1.29 is 0 Å². The third-order valence-electron chi connectivity index (χ3n) is 4.10. The molecule has 0 heterocycles. The standard InChI is InChI=1S/C18H13I/c19-12-9-10-17-15-7-2-1-5-13(15)14-6-3-4-8-16(14)18(17)11-12/h1-11,14,17H. The van der Waals surface area contributed by atoms with Crippen LogP contribution in [0.15, 0.2) is 81.5 Å². The predicted molar refractivity (Wildman–Crippen MR) is 88.5 cm³/mol. The number of rotatable bonds is 0. The lowest BCUT2D eigenvalue weighted by atomic mass is 9.70. The van der Waals surface area contributed by atoms with Gasteiger partial charge in [-0.2, -0.15) is 0 Å². The molecule has 0 bridgehead atoms. The summed E-state index contributed by atoms with van der Waals surface area (Å²) in [6.07, 6.45) is 15.8. The second-order valence-electron chi connectivity index (χ2n) is 5.13. The number of fused-ring (bicyclic) bond motifs is 5. The van der Waals surface area contributed by atoms with Gasteiger partial charge in [0.2, 0.25) is 0 Å². The molecule has 0 saturated heterocycles. The largest absolute Gasteiger partial charge is 0.0726 e. The highest BCUT2D eigenvalue weighted by molar-refractivity contribution is 14.1. The zero-order chi connectivity index (χ0) is 12.8. The van der Waals surface area contributed by atoms with Crippen molar-refractivity contribution >= 4 is 22.6 Å². The fraction of sp³-hybridized carbons (Fsp3) is 0.111. The van der Waals surface area contributed by atoms with Crippen LogP contribution in [0.4, 0.5) is 0 Å². The molecular weight excluding hydrogens is 343 g/mol. The lowest BCUT2D eigenvalue weighted by molar-refractivity contribution is 0.852. The SMILES string of the molecule is IC1=CC2=C3C=CC=CC3c3ccccc3C2C=C1. The van der Waals surface area contributed by atoms with Gasteiger partial charge < -0.3 is 0 Å². The molecule has 0 fully saturated rings. The Bertz CT molecular complexity index is 698. The van der Waals surface area contributed by atoms with Gasteiger partial charge in [0, 0.05) is 15.4 Å². The van der Waals surface area contributed by atoms with Crippen LogP contribution in [0, 0.1) is 0 Å². The molecule has 92 valence electrons. The van der Waals surface area contributed by atoms with Gasteiger partial charge in [0.05, 0.1) is 0 Å². The Hall–Kier alpha value is -1.35. The maximum atomic E-state index is 2.41. The van der Waals surface area contributed by atoms with Crippen LogP contribution in [-0.2, 0) is 0 Å². The zero-order valence-electron chi connectivity index (χ0n) is 10.4. The molecule has 0 spiro atoms. The second kappa shape index (κ2) is 4.34. The minimum Gasteiger partial charge on any atom is -0.0726 e. The number of allylic oxidation sites excluding steroid dienone is 10. The summed E-state index contributed by atoms with van der Waals surface area (Å²) >= 11 is 2.41. The van der Waals surface area contributed by atoms with Gasteiger partial charge in [-0.1, -0.05) is 60.7 Å². The summed E-state index contributed by atoms with van der Waals surface area (Å²) in [7, 11) is 0. The van der Waals surface area contributed by atoms with Crippen LogP contribution in [0.2, 0.25) is 0 Å². The molecule has 1 aromatic carbocycles. The first kappa shape index (κ1) is 11.5. The van der Waals surface area contributed by atoms with E-state index in [0.717, 1.165) is 0 Å². The summed E-state index contributed by atoms with van der Waals surface area (Å²) < 4.78 is 1.32. The Morgan fingerprint density at radius 2 is 1.53 bits per heavy atom. The highest BCUT2D eigenvalue weighted by atomic mass is 127. The minimum absolute atomic E-state index is 0.428.